The Balaban J connectivity index is 1.89. The van der Waals surface area contributed by atoms with Crippen molar-refractivity contribution in [2.45, 2.75) is 11.9 Å². The lowest BCUT2D eigenvalue weighted by Gasteiger charge is -2.08. The number of fused-ring (bicyclic) bond motifs is 1. The number of anilines is 1. The molecule has 0 unspecified atom stereocenters. The fourth-order valence-electron chi connectivity index (χ4n) is 2.11. The first kappa shape index (κ1) is 18.7. The van der Waals surface area contributed by atoms with Crippen molar-refractivity contribution in [2.24, 2.45) is 0 Å². The Morgan fingerprint density at radius 3 is 2.70 bits per heavy atom. The van der Waals surface area contributed by atoms with Gasteiger partial charge in [0.25, 0.3) is 16.0 Å². The van der Waals surface area contributed by atoms with E-state index in [0.717, 1.165) is 10.6 Å². The standard InChI is InChI=1S/C13H11ClFN7O4S/c1-6-16-11(20-13(17-6)26-2)19-12(23)21-27(24,25)10-9(15)18-8-4-3-7(14)5-22(8)10/h3-5H,1-2H3,(H2,16,17,19,20,21,23). The van der Waals surface area contributed by atoms with Gasteiger partial charge in [0.15, 0.2) is 0 Å². The number of carbonyl (C=O) groups is 1. The smallest absolute Gasteiger partial charge is 0.335 e. The van der Waals surface area contributed by atoms with E-state index in [1.807, 2.05) is 0 Å². The normalized spacial score (nSPS) is 11.4. The number of imidazole rings is 1. The number of nitrogens with zero attached hydrogens (tertiary/aromatic N) is 5. The van der Waals surface area contributed by atoms with Gasteiger partial charge in [-0.3, -0.25) is 9.72 Å². The topological polar surface area (TPSA) is 140 Å². The molecule has 2 N–H and O–H groups in total. The van der Waals surface area contributed by atoms with E-state index in [-0.39, 0.29) is 28.5 Å². The van der Waals surface area contributed by atoms with Crippen LogP contribution in [0, 0.1) is 12.9 Å². The Morgan fingerprint density at radius 2 is 2.00 bits per heavy atom. The minimum atomic E-state index is -4.63. The van der Waals surface area contributed by atoms with Crippen LogP contribution in [0.4, 0.5) is 15.1 Å². The maximum absolute atomic E-state index is 14.1. The number of hydrogen-bond acceptors (Lipinski definition) is 8. The summed E-state index contributed by atoms with van der Waals surface area (Å²) >= 11 is 5.81. The second-order valence-corrected chi connectivity index (χ2v) is 7.07. The van der Waals surface area contributed by atoms with Crippen LogP contribution in [0.3, 0.4) is 0 Å². The van der Waals surface area contributed by atoms with Gasteiger partial charge in [-0.15, -0.1) is 0 Å². The molecule has 2 amide bonds. The fourth-order valence-corrected chi connectivity index (χ4v) is 3.34. The van der Waals surface area contributed by atoms with Crippen LogP contribution >= 0.6 is 11.6 Å². The molecule has 0 saturated heterocycles. The summed E-state index contributed by atoms with van der Waals surface area (Å²) in [7, 11) is -3.33. The molecule has 3 aromatic rings. The van der Waals surface area contributed by atoms with Gasteiger partial charge in [-0.25, -0.2) is 9.52 Å². The summed E-state index contributed by atoms with van der Waals surface area (Å²) in [4.78, 5) is 26.9. The van der Waals surface area contributed by atoms with Crippen molar-refractivity contribution < 1.29 is 22.3 Å². The predicted molar refractivity (Wildman–Crippen MR) is 90.6 cm³/mol. The maximum Gasteiger partial charge on any atom is 0.335 e. The molecule has 3 heterocycles. The molecular weight excluding hydrogens is 405 g/mol. The summed E-state index contributed by atoms with van der Waals surface area (Å²) < 4.78 is 46.3. The van der Waals surface area contributed by atoms with E-state index in [1.54, 1.807) is 4.72 Å². The number of hydrogen-bond donors (Lipinski definition) is 2. The highest BCUT2D eigenvalue weighted by Crippen LogP contribution is 2.19. The number of sulfonamides is 1. The Hall–Kier alpha value is -3.06. The SMILES string of the molecule is COc1nc(C)nc(NC(=O)NS(=O)(=O)c2c(F)nc3ccc(Cl)cn23)n1. The van der Waals surface area contributed by atoms with Gasteiger partial charge in [-0.05, 0) is 19.1 Å². The zero-order chi connectivity index (χ0) is 19.8. The lowest BCUT2D eigenvalue weighted by molar-refractivity contribution is 0.256. The molecule has 0 saturated carbocycles. The molecule has 14 heteroatoms. The molecular formula is C13H11ClFN7O4S. The number of carbonyl (C=O) groups excluding carboxylic acids is 1. The molecule has 0 radical (unpaired) electrons. The van der Waals surface area contributed by atoms with Crippen LogP contribution in [0.15, 0.2) is 23.4 Å². The summed E-state index contributed by atoms with van der Waals surface area (Å²) in [6.07, 6.45) is 1.15. The molecule has 3 aromatic heterocycles. The number of ether oxygens (including phenoxy) is 1. The fraction of sp³-hybridized carbons (Fsp3) is 0.154. The predicted octanol–water partition coefficient (Wildman–Crippen LogP) is 1.14. The summed E-state index contributed by atoms with van der Waals surface area (Å²) in [6, 6.07) is 1.43. The summed E-state index contributed by atoms with van der Waals surface area (Å²) in [6.45, 7) is 1.52. The molecule has 27 heavy (non-hydrogen) atoms. The molecule has 142 valence electrons. The molecule has 0 aliphatic carbocycles. The maximum atomic E-state index is 14.1. The van der Waals surface area contributed by atoms with Crippen LogP contribution < -0.4 is 14.8 Å². The second kappa shape index (κ2) is 6.92. The zero-order valence-corrected chi connectivity index (χ0v) is 15.3. The molecule has 3 rings (SSSR count). The Labute approximate surface area is 156 Å². The number of halogens is 2. The Morgan fingerprint density at radius 1 is 1.26 bits per heavy atom. The average molecular weight is 416 g/mol. The van der Waals surface area contributed by atoms with Gasteiger partial charge in [-0.1, -0.05) is 11.6 Å². The van der Waals surface area contributed by atoms with E-state index in [4.69, 9.17) is 16.3 Å². The highest BCUT2D eigenvalue weighted by atomic mass is 35.5. The number of aryl methyl sites for hydroxylation is 1. The summed E-state index contributed by atoms with van der Waals surface area (Å²) in [5, 5.41) is 1.38. The first-order valence-corrected chi connectivity index (χ1v) is 8.99. The van der Waals surface area contributed by atoms with Crippen LogP contribution in [0.1, 0.15) is 5.82 Å². The van der Waals surface area contributed by atoms with Crippen molar-refractivity contribution in [1.29, 1.82) is 0 Å². The average Bonchev–Trinajstić information content (AvgIpc) is 2.89. The highest BCUT2D eigenvalue weighted by Gasteiger charge is 2.28. The van der Waals surface area contributed by atoms with E-state index in [2.05, 4.69) is 25.3 Å². The lowest BCUT2D eigenvalue weighted by atomic mass is 10.5. The van der Waals surface area contributed by atoms with Crippen molar-refractivity contribution in [3.63, 3.8) is 0 Å². The monoisotopic (exact) mass is 415 g/mol. The number of aromatic nitrogens is 5. The molecule has 0 fully saturated rings. The van der Waals surface area contributed by atoms with Gasteiger partial charge in [0, 0.05) is 6.20 Å². The van der Waals surface area contributed by atoms with Crippen molar-refractivity contribution in [3.8, 4) is 6.01 Å². The van der Waals surface area contributed by atoms with Gasteiger partial charge in [0.2, 0.25) is 11.0 Å². The number of amides is 2. The highest BCUT2D eigenvalue weighted by molar-refractivity contribution is 7.90. The first-order chi connectivity index (χ1) is 12.7. The van der Waals surface area contributed by atoms with Crippen LogP contribution in [0.2, 0.25) is 5.02 Å². The van der Waals surface area contributed by atoms with Gasteiger partial charge < -0.3 is 4.74 Å². The molecule has 11 nitrogen and oxygen atoms in total. The Bertz CT molecular complexity index is 1150. The number of urea groups is 1. The molecule has 0 bridgehead atoms. The molecule has 0 aliphatic rings. The number of methoxy groups -OCH3 is 1. The van der Waals surface area contributed by atoms with E-state index < -0.39 is 27.0 Å². The first-order valence-electron chi connectivity index (χ1n) is 7.13. The van der Waals surface area contributed by atoms with E-state index in [1.165, 1.54) is 26.2 Å². The molecule has 0 aromatic carbocycles. The second-order valence-electron chi connectivity index (χ2n) is 5.04. The number of nitrogens with one attached hydrogen (secondary N) is 2. The molecule has 0 atom stereocenters. The van der Waals surface area contributed by atoms with Crippen molar-refractivity contribution >= 4 is 39.3 Å². The van der Waals surface area contributed by atoms with Gasteiger partial charge in [0.1, 0.15) is 11.5 Å². The largest absolute Gasteiger partial charge is 0.467 e. The van der Waals surface area contributed by atoms with E-state index >= 15 is 0 Å². The molecule has 0 spiro atoms. The van der Waals surface area contributed by atoms with Crippen LogP contribution in [-0.4, -0.2) is 45.9 Å². The van der Waals surface area contributed by atoms with Crippen LogP contribution in [0.25, 0.3) is 5.65 Å². The zero-order valence-electron chi connectivity index (χ0n) is 13.8. The van der Waals surface area contributed by atoms with Crippen molar-refractivity contribution in [1.82, 2.24) is 29.1 Å². The minimum Gasteiger partial charge on any atom is -0.467 e. The van der Waals surface area contributed by atoms with Crippen molar-refractivity contribution in [2.75, 3.05) is 12.4 Å². The van der Waals surface area contributed by atoms with Gasteiger partial charge >= 0.3 is 12.0 Å². The van der Waals surface area contributed by atoms with E-state index in [9.17, 15) is 17.6 Å². The van der Waals surface area contributed by atoms with Crippen molar-refractivity contribution in [3.05, 3.63) is 35.1 Å². The van der Waals surface area contributed by atoms with Gasteiger partial charge in [-0.2, -0.15) is 32.7 Å². The molecule has 0 aliphatic heterocycles. The lowest BCUT2D eigenvalue weighted by Crippen LogP contribution is -2.36. The van der Waals surface area contributed by atoms with Crippen LogP contribution in [0.5, 0.6) is 6.01 Å². The third-order valence-electron chi connectivity index (χ3n) is 3.12. The third-order valence-corrected chi connectivity index (χ3v) is 4.67. The third kappa shape index (κ3) is 3.88. The quantitative estimate of drug-likeness (QED) is 0.646. The number of pyridine rings is 1. The minimum absolute atomic E-state index is 0.00416. The number of rotatable bonds is 4. The summed E-state index contributed by atoms with van der Waals surface area (Å²) in [5.41, 5.74) is -0.00416. The van der Waals surface area contributed by atoms with Crippen LogP contribution in [-0.2, 0) is 10.0 Å². The Kier molecular flexibility index (Phi) is 4.80. The van der Waals surface area contributed by atoms with E-state index in [0.29, 0.717) is 0 Å². The van der Waals surface area contributed by atoms with Gasteiger partial charge in [0.05, 0.1) is 12.1 Å². The summed E-state index contributed by atoms with van der Waals surface area (Å²) in [5.74, 6) is -1.33.